The molecule has 0 heterocycles. The van der Waals surface area contributed by atoms with Crippen LogP contribution in [0.2, 0.25) is 0 Å². The minimum absolute atomic E-state index is 0.0579. The molecule has 2 aromatic rings. The van der Waals surface area contributed by atoms with Crippen LogP contribution in [0.15, 0.2) is 41.3 Å². The highest BCUT2D eigenvalue weighted by Crippen LogP contribution is 2.31. The van der Waals surface area contributed by atoms with Crippen molar-refractivity contribution in [1.82, 2.24) is 5.32 Å². The second-order valence-corrected chi connectivity index (χ2v) is 7.73. The van der Waals surface area contributed by atoms with E-state index in [0.29, 0.717) is 6.42 Å². The van der Waals surface area contributed by atoms with E-state index in [9.17, 15) is 17.6 Å². The molecule has 1 aliphatic rings. The molecule has 0 aromatic heterocycles. The second kappa shape index (κ2) is 7.05. The first-order valence-corrected chi connectivity index (χ1v) is 9.64. The number of methoxy groups -OCH3 is 1. The SMILES string of the molecule is COc1ccc(S(N)(=O)=O)cc1C(=O)N[C@@H]1CCCc2ccc(F)cc21. The van der Waals surface area contributed by atoms with Crippen LogP contribution in [0, 0.1) is 5.82 Å². The fourth-order valence-electron chi connectivity index (χ4n) is 3.20. The van der Waals surface area contributed by atoms with Crippen LogP contribution in [0.4, 0.5) is 4.39 Å². The van der Waals surface area contributed by atoms with E-state index in [1.165, 1.54) is 37.4 Å². The number of halogens is 1. The van der Waals surface area contributed by atoms with Crippen molar-refractivity contribution in [2.75, 3.05) is 7.11 Å². The predicted molar refractivity (Wildman–Crippen MR) is 93.9 cm³/mol. The van der Waals surface area contributed by atoms with E-state index in [2.05, 4.69) is 5.32 Å². The van der Waals surface area contributed by atoms with Gasteiger partial charge in [0, 0.05) is 0 Å². The van der Waals surface area contributed by atoms with Gasteiger partial charge in [-0.15, -0.1) is 0 Å². The number of sulfonamides is 1. The summed E-state index contributed by atoms with van der Waals surface area (Å²) in [5.74, 6) is -0.640. The Labute approximate surface area is 151 Å². The first-order chi connectivity index (χ1) is 12.3. The molecule has 0 spiro atoms. The highest BCUT2D eigenvalue weighted by molar-refractivity contribution is 7.89. The largest absolute Gasteiger partial charge is 0.496 e. The summed E-state index contributed by atoms with van der Waals surface area (Å²) >= 11 is 0. The Kier molecular flexibility index (Phi) is 4.97. The van der Waals surface area contributed by atoms with Crippen molar-refractivity contribution in [3.05, 3.63) is 58.9 Å². The maximum Gasteiger partial charge on any atom is 0.255 e. The van der Waals surface area contributed by atoms with Gasteiger partial charge in [-0.05, 0) is 60.7 Å². The number of amides is 1. The van der Waals surface area contributed by atoms with Crippen LogP contribution in [0.5, 0.6) is 5.75 Å². The number of nitrogens with one attached hydrogen (secondary N) is 1. The molecule has 0 aliphatic heterocycles. The van der Waals surface area contributed by atoms with Gasteiger partial charge in [-0.2, -0.15) is 0 Å². The molecule has 0 unspecified atom stereocenters. The van der Waals surface area contributed by atoms with Gasteiger partial charge in [0.15, 0.2) is 0 Å². The van der Waals surface area contributed by atoms with Gasteiger partial charge in [0.05, 0.1) is 23.6 Å². The van der Waals surface area contributed by atoms with Gasteiger partial charge in [0.2, 0.25) is 10.0 Å². The highest BCUT2D eigenvalue weighted by atomic mass is 32.2. The zero-order valence-corrected chi connectivity index (χ0v) is 15.0. The van der Waals surface area contributed by atoms with E-state index in [1.54, 1.807) is 6.07 Å². The number of carbonyl (C=O) groups excluding carboxylic acids is 1. The Morgan fingerprint density at radius 2 is 2.04 bits per heavy atom. The lowest BCUT2D eigenvalue weighted by atomic mass is 9.87. The van der Waals surface area contributed by atoms with Crippen molar-refractivity contribution < 1.29 is 22.3 Å². The smallest absolute Gasteiger partial charge is 0.255 e. The number of aryl methyl sites for hydroxylation is 1. The molecule has 3 rings (SSSR count). The Morgan fingerprint density at radius 3 is 2.73 bits per heavy atom. The molecule has 138 valence electrons. The number of fused-ring (bicyclic) bond motifs is 1. The van der Waals surface area contributed by atoms with Crippen molar-refractivity contribution >= 4 is 15.9 Å². The summed E-state index contributed by atoms with van der Waals surface area (Å²) in [6.07, 6.45) is 2.35. The molecule has 0 bridgehead atoms. The van der Waals surface area contributed by atoms with E-state index in [1.807, 2.05) is 0 Å². The number of carbonyl (C=O) groups is 1. The third kappa shape index (κ3) is 3.71. The molecule has 1 atom stereocenters. The molecule has 2 aromatic carbocycles. The zero-order chi connectivity index (χ0) is 18.9. The van der Waals surface area contributed by atoms with Crippen LogP contribution >= 0.6 is 0 Å². The summed E-state index contributed by atoms with van der Waals surface area (Å²) in [4.78, 5) is 12.6. The number of nitrogens with two attached hydrogens (primary N) is 1. The lowest BCUT2D eigenvalue weighted by Gasteiger charge is -2.26. The molecule has 0 fully saturated rings. The topological polar surface area (TPSA) is 98.5 Å². The lowest BCUT2D eigenvalue weighted by Crippen LogP contribution is -2.31. The number of rotatable bonds is 4. The van der Waals surface area contributed by atoms with Gasteiger partial charge in [0.1, 0.15) is 11.6 Å². The van der Waals surface area contributed by atoms with E-state index >= 15 is 0 Å². The Bertz CT molecular complexity index is 960. The molecule has 26 heavy (non-hydrogen) atoms. The summed E-state index contributed by atoms with van der Waals surface area (Å²) in [6.45, 7) is 0. The minimum atomic E-state index is -3.96. The van der Waals surface area contributed by atoms with E-state index in [0.717, 1.165) is 24.0 Å². The summed E-state index contributed by atoms with van der Waals surface area (Å²) < 4.78 is 41.9. The fraction of sp³-hybridized carbons (Fsp3) is 0.278. The van der Waals surface area contributed by atoms with Gasteiger partial charge in [0.25, 0.3) is 5.91 Å². The van der Waals surface area contributed by atoms with Crippen molar-refractivity contribution in [3.8, 4) is 5.75 Å². The number of ether oxygens (including phenoxy) is 1. The highest BCUT2D eigenvalue weighted by Gasteiger charge is 2.25. The molecule has 0 radical (unpaired) electrons. The first-order valence-electron chi connectivity index (χ1n) is 8.09. The molecule has 1 amide bonds. The van der Waals surface area contributed by atoms with Gasteiger partial charge >= 0.3 is 0 Å². The van der Waals surface area contributed by atoms with E-state index in [-0.39, 0.29) is 28.1 Å². The van der Waals surface area contributed by atoms with Crippen LogP contribution in [0.1, 0.15) is 40.4 Å². The van der Waals surface area contributed by atoms with Crippen molar-refractivity contribution in [2.45, 2.75) is 30.2 Å². The Hall–Kier alpha value is -2.45. The summed E-state index contributed by atoms with van der Waals surface area (Å²) in [5.41, 5.74) is 1.79. The maximum atomic E-state index is 13.6. The van der Waals surface area contributed by atoms with E-state index in [4.69, 9.17) is 9.88 Å². The van der Waals surface area contributed by atoms with Gasteiger partial charge in [-0.1, -0.05) is 6.07 Å². The van der Waals surface area contributed by atoms with Gasteiger partial charge in [-0.3, -0.25) is 4.79 Å². The Morgan fingerprint density at radius 1 is 1.27 bits per heavy atom. The van der Waals surface area contributed by atoms with E-state index < -0.39 is 15.9 Å². The second-order valence-electron chi connectivity index (χ2n) is 6.17. The first kappa shape index (κ1) is 18.3. The molecular formula is C18H19FN2O4S. The molecule has 1 aliphatic carbocycles. The average molecular weight is 378 g/mol. The number of hydrogen-bond donors (Lipinski definition) is 2. The molecular weight excluding hydrogens is 359 g/mol. The monoisotopic (exact) mass is 378 g/mol. The van der Waals surface area contributed by atoms with Crippen LogP contribution in [-0.4, -0.2) is 21.4 Å². The fourth-order valence-corrected chi connectivity index (χ4v) is 3.74. The summed E-state index contributed by atoms with van der Waals surface area (Å²) in [6, 6.07) is 8.03. The normalized spacial score (nSPS) is 16.7. The molecule has 6 nitrogen and oxygen atoms in total. The maximum absolute atomic E-state index is 13.6. The van der Waals surface area contributed by atoms with Crippen LogP contribution in [0.3, 0.4) is 0 Å². The zero-order valence-electron chi connectivity index (χ0n) is 14.2. The number of benzene rings is 2. The van der Waals surface area contributed by atoms with Crippen LogP contribution < -0.4 is 15.2 Å². The minimum Gasteiger partial charge on any atom is -0.496 e. The third-order valence-electron chi connectivity index (χ3n) is 4.47. The number of primary sulfonamides is 1. The van der Waals surface area contributed by atoms with Crippen molar-refractivity contribution in [2.24, 2.45) is 5.14 Å². The summed E-state index contributed by atoms with van der Waals surface area (Å²) in [7, 11) is -2.57. The predicted octanol–water partition coefficient (Wildman–Crippen LogP) is 2.29. The van der Waals surface area contributed by atoms with Gasteiger partial charge in [-0.25, -0.2) is 17.9 Å². The molecule has 0 saturated carbocycles. The van der Waals surface area contributed by atoms with Crippen molar-refractivity contribution in [1.29, 1.82) is 0 Å². The van der Waals surface area contributed by atoms with Gasteiger partial charge < -0.3 is 10.1 Å². The lowest BCUT2D eigenvalue weighted by molar-refractivity contribution is 0.0929. The standard InChI is InChI=1S/C18H19FN2O4S/c1-25-17-8-7-13(26(20,23)24)10-15(17)18(22)21-16-4-2-3-11-5-6-12(19)9-14(11)16/h5-10,16H,2-4H2,1H3,(H,21,22)(H2,20,23,24)/t16-/m1/s1. The van der Waals surface area contributed by atoms with Crippen molar-refractivity contribution in [3.63, 3.8) is 0 Å². The Balaban J connectivity index is 1.93. The van der Waals surface area contributed by atoms with Crippen LogP contribution in [-0.2, 0) is 16.4 Å². The molecule has 0 saturated heterocycles. The molecule has 3 N–H and O–H groups in total. The molecule has 8 heteroatoms. The average Bonchev–Trinajstić information content (AvgIpc) is 2.60. The number of hydrogen-bond acceptors (Lipinski definition) is 4. The summed E-state index contributed by atoms with van der Waals surface area (Å²) in [5, 5.41) is 7.99. The third-order valence-corrected chi connectivity index (χ3v) is 5.38. The quantitative estimate of drug-likeness (QED) is 0.853. The van der Waals surface area contributed by atoms with Crippen LogP contribution in [0.25, 0.3) is 0 Å².